The summed E-state index contributed by atoms with van der Waals surface area (Å²) in [5.74, 6) is 0. The van der Waals surface area contributed by atoms with Gasteiger partial charge in [-0.25, -0.2) is 12.7 Å². The SMILES string of the molecule is CN(CCC(N)=S)S(=O)(=O)c1cncc(Br)c1. The maximum Gasteiger partial charge on any atom is 0.244 e. The Hall–Kier alpha value is -0.570. The van der Waals surface area contributed by atoms with Crippen LogP contribution < -0.4 is 5.73 Å². The van der Waals surface area contributed by atoms with E-state index in [1.807, 2.05) is 0 Å². The number of aromatic nitrogens is 1. The van der Waals surface area contributed by atoms with E-state index in [-0.39, 0.29) is 11.4 Å². The van der Waals surface area contributed by atoms with E-state index in [1.54, 1.807) is 0 Å². The van der Waals surface area contributed by atoms with E-state index in [4.69, 9.17) is 18.0 Å². The quantitative estimate of drug-likeness (QED) is 0.815. The molecule has 1 heterocycles. The monoisotopic (exact) mass is 337 g/mol. The number of nitrogens with two attached hydrogens (primary N) is 1. The van der Waals surface area contributed by atoms with Crippen molar-refractivity contribution in [3.8, 4) is 0 Å². The maximum absolute atomic E-state index is 12.1. The molecule has 0 aliphatic heterocycles. The third-order valence-electron chi connectivity index (χ3n) is 2.06. The zero-order valence-electron chi connectivity index (χ0n) is 9.13. The van der Waals surface area contributed by atoms with Crippen molar-refractivity contribution in [3.63, 3.8) is 0 Å². The van der Waals surface area contributed by atoms with E-state index >= 15 is 0 Å². The van der Waals surface area contributed by atoms with Crippen LogP contribution in [0.3, 0.4) is 0 Å². The van der Waals surface area contributed by atoms with Gasteiger partial charge in [-0.05, 0) is 22.0 Å². The molecule has 17 heavy (non-hydrogen) atoms. The molecule has 2 N–H and O–H groups in total. The van der Waals surface area contributed by atoms with Crippen LogP contribution in [0.5, 0.6) is 0 Å². The predicted molar refractivity (Wildman–Crippen MR) is 73.2 cm³/mol. The van der Waals surface area contributed by atoms with Crippen LogP contribution in [0, 0.1) is 0 Å². The standard InChI is InChI=1S/C9H12BrN3O2S2/c1-13(3-2-9(11)16)17(14,15)8-4-7(10)5-12-6-8/h4-6H,2-3H2,1H3,(H2,11,16). The van der Waals surface area contributed by atoms with Crippen molar-refractivity contribution in [1.82, 2.24) is 9.29 Å². The highest BCUT2D eigenvalue weighted by Crippen LogP contribution is 2.17. The van der Waals surface area contributed by atoms with Gasteiger partial charge in [0.05, 0.1) is 4.99 Å². The van der Waals surface area contributed by atoms with Crippen molar-refractivity contribution in [3.05, 3.63) is 22.9 Å². The Morgan fingerprint density at radius 3 is 2.76 bits per heavy atom. The second-order valence-corrected chi connectivity index (χ2v) is 6.87. The lowest BCUT2D eigenvalue weighted by Gasteiger charge is -2.16. The van der Waals surface area contributed by atoms with Gasteiger partial charge >= 0.3 is 0 Å². The molecule has 0 radical (unpaired) electrons. The molecule has 1 aromatic heterocycles. The Kier molecular flexibility index (Phi) is 4.99. The molecular weight excluding hydrogens is 326 g/mol. The number of hydrogen-bond donors (Lipinski definition) is 1. The van der Waals surface area contributed by atoms with Crippen LogP contribution in [0.1, 0.15) is 6.42 Å². The molecule has 1 aromatic rings. The van der Waals surface area contributed by atoms with E-state index in [1.165, 1.54) is 29.8 Å². The molecule has 0 saturated heterocycles. The maximum atomic E-state index is 12.1. The molecule has 0 unspecified atom stereocenters. The largest absolute Gasteiger partial charge is 0.393 e. The molecule has 1 rings (SSSR count). The zero-order chi connectivity index (χ0) is 13.1. The first-order chi connectivity index (χ1) is 7.84. The van der Waals surface area contributed by atoms with Gasteiger partial charge in [-0.1, -0.05) is 12.2 Å². The van der Waals surface area contributed by atoms with Gasteiger partial charge in [-0.15, -0.1) is 0 Å². The highest BCUT2D eigenvalue weighted by molar-refractivity contribution is 9.10. The molecule has 0 fully saturated rings. The lowest BCUT2D eigenvalue weighted by atomic mass is 10.4. The fourth-order valence-corrected chi connectivity index (χ4v) is 2.87. The van der Waals surface area contributed by atoms with Gasteiger partial charge in [-0.3, -0.25) is 4.98 Å². The molecule has 5 nitrogen and oxygen atoms in total. The Balaban J connectivity index is 2.91. The Morgan fingerprint density at radius 2 is 2.24 bits per heavy atom. The van der Waals surface area contributed by atoms with Crippen molar-refractivity contribution in [2.75, 3.05) is 13.6 Å². The third-order valence-corrected chi connectivity index (χ3v) is 4.52. The van der Waals surface area contributed by atoms with Gasteiger partial charge in [0.25, 0.3) is 0 Å². The predicted octanol–water partition coefficient (Wildman–Crippen LogP) is 1.14. The number of thiocarbonyl (C=S) groups is 1. The van der Waals surface area contributed by atoms with Crippen LogP contribution in [-0.4, -0.2) is 36.3 Å². The summed E-state index contributed by atoms with van der Waals surface area (Å²) >= 11 is 7.89. The number of nitrogens with zero attached hydrogens (tertiary/aromatic N) is 2. The smallest absolute Gasteiger partial charge is 0.244 e. The number of sulfonamides is 1. The minimum Gasteiger partial charge on any atom is -0.393 e. The second-order valence-electron chi connectivity index (χ2n) is 3.38. The van der Waals surface area contributed by atoms with Gasteiger partial charge in [0.2, 0.25) is 10.0 Å². The summed E-state index contributed by atoms with van der Waals surface area (Å²) in [6, 6.07) is 1.50. The van der Waals surface area contributed by atoms with Gasteiger partial charge in [0.15, 0.2) is 0 Å². The molecule has 0 aliphatic rings. The number of hydrogen-bond acceptors (Lipinski definition) is 4. The topological polar surface area (TPSA) is 76.3 Å². The van der Waals surface area contributed by atoms with E-state index < -0.39 is 10.0 Å². The lowest BCUT2D eigenvalue weighted by molar-refractivity contribution is 0.478. The highest BCUT2D eigenvalue weighted by Gasteiger charge is 2.21. The van der Waals surface area contributed by atoms with Crippen molar-refractivity contribution < 1.29 is 8.42 Å². The minimum atomic E-state index is -3.53. The Morgan fingerprint density at radius 1 is 1.59 bits per heavy atom. The van der Waals surface area contributed by atoms with Crippen molar-refractivity contribution in [2.45, 2.75) is 11.3 Å². The summed E-state index contributed by atoms with van der Waals surface area (Å²) in [5.41, 5.74) is 5.34. The van der Waals surface area contributed by atoms with Crippen LogP contribution in [0.2, 0.25) is 0 Å². The van der Waals surface area contributed by atoms with Crippen LogP contribution in [0.4, 0.5) is 0 Å². The molecule has 0 amide bonds. The molecule has 0 saturated carbocycles. The summed E-state index contributed by atoms with van der Waals surface area (Å²) in [6.07, 6.45) is 3.18. The number of halogens is 1. The first kappa shape index (κ1) is 14.5. The number of rotatable bonds is 5. The van der Waals surface area contributed by atoms with E-state index in [0.717, 1.165) is 0 Å². The fourth-order valence-electron chi connectivity index (χ4n) is 1.10. The summed E-state index contributed by atoms with van der Waals surface area (Å²) in [5, 5.41) is 0. The summed E-state index contributed by atoms with van der Waals surface area (Å²) < 4.78 is 26.0. The van der Waals surface area contributed by atoms with Crippen molar-refractivity contribution >= 4 is 43.2 Å². The average molecular weight is 338 g/mol. The average Bonchev–Trinajstić information content (AvgIpc) is 2.25. The van der Waals surface area contributed by atoms with E-state index in [2.05, 4.69) is 20.9 Å². The molecule has 0 spiro atoms. The molecule has 0 bridgehead atoms. The van der Waals surface area contributed by atoms with Gasteiger partial charge in [-0.2, -0.15) is 0 Å². The normalized spacial score (nSPS) is 11.7. The molecule has 8 heteroatoms. The highest BCUT2D eigenvalue weighted by atomic mass is 79.9. The molecular formula is C9H12BrN3O2S2. The van der Waals surface area contributed by atoms with Crippen LogP contribution >= 0.6 is 28.1 Å². The van der Waals surface area contributed by atoms with Gasteiger partial charge in [0, 0.05) is 36.9 Å². The molecule has 0 atom stereocenters. The zero-order valence-corrected chi connectivity index (χ0v) is 12.3. The van der Waals surface area contributed by atoms with Crippen molar-refractivity contribution in [1.29, 1.82) is 0 Å². The van der Waals surface area contributed by atoms with Crippen LogP contribution in [0.25, 0.3) is 0 Å². The minimum absolute atomic E-state index is 0.136. The third kappa shape index (κ3) is 3.98. The first-order valence-corrected chi connectivity index (χ1v) is 7.33. The van der Waals surface area contributed by atoms with Crippen LogP contribution in [0.15, 0.2) is 27.8 Å². The van der Waals surface area contributed by atoms with Crippen molar-refractivity contribution in [2.24, 2.45) is 5.73 Å². The first-order valence-electron chi connectivity index (χ1n) is 4.69. The Labute approximate surface area is 114 Å². The van der Waals surface area contributed by atoms with E-state index in [0.29, 0.717) is 15.9 Å². The fraction of sp³-hybridized carbons (Fsp3) is 0.333. The molecule has 0 aromatic carbocycles. The Bertz CT molecular complexity index is 519. The second kappa shape index (κ2) is 5.85. The lowest BCUT2D eigenvalue weighted by Crippen LogP contribution is -2.30. The summed E-state index contributed by atoms with van der Waals surface area (Å²) in [6.45, 7) is 0.254. The van der Waals surface area contributed by atoms with Gasteiger partial charge in [0.1, 0.15) is 4.90 Å². The summed E-state index contributed by atoms with van der Waals surface area (Å²) in [4.78, 5) is 4.25. The van der Waals surface area contributed by atoms with Crippen LogP contribution in [-0.2, 0) is 10.0 Å². The molecule has 94 valence electrons. The summed E-state index contributed by atoms with van der Waals surface area (Å²) in [7, 11) is -2.05. The number of pyridine rings is 1. The molecule has 0 aliphatic carbocycles. The van der Waals surface area contributed by atoms with E-state index in [9.17, 15) is 8.42 Å². The van der Waals surface area contributed by atoms with Gasteiger partial charge < -0.3 is 5.73 Å².